The molecule has 0 spiro atoms. The van der Waals surface area contributed by atoms with Crippen molar-refractivity contribution in [1.82, 2.24) is 10.3 Å². The lowest BCUT2D eigenvalue weighted by Crippen LogP contribution is -2.14. The molecule has 0 atom stereocenters. The summed E-state index contributed by atoms with van der Waals surface area (Å²) in [5, 5.41) is 4.11. The van der Waals surface area contributed by atoms with E-state index in [9.17, 15) is 0 Å². The van der Waals surface area contributed by atoms with E-state index in [0.29, 0.717) is 5.88 Å². The number of hydrogen-bond donors (Lipinski definition) is 1. The second-order valence-corrected chi connectivity index (χ2v) is 5.56. The third kappa shape index (κ3) is 4.45. The molecule has 2 rings (SSSR count). The number of aryl methyl sites for hydroxylation is 2. The van der Waals surface area contributed by atoms with Gasteiger partial charge in [-0.2, -0.15) is 0 Å². The lowest BCUT2D eigenvalue weighted by Gasteiger charge is -2.10. The van der Waals surface area contributed by atoms with E-state index in [1.807, 2.05) is 38.2 Å². The molecule has 1 N–H and O–H groups in total. The quantitative estimate of drug-likeness (QED) is 0.789. The first-order chi connectivity index (χ1) is 10.1. The Labute approximate surface area is 131 Å². The van der Waals surface area contributed by atoms with E-state index in [2.05, 4.69) is 23.3 Å². The first kappa shape index (κ1) is 15.8. The first-order valence-electron chi connectivity index (χ1n) is 7.20. The maximum absolute atomic E-state index is 6.02. The van der Waals surface area contributed by atoms with Crippen LogP contribution in [0.1, 0.15) is 30.0 Å². The largest absolute Gasteiger partial charge is 0.439 e. The molecule has 112 valence electrons. The number of benzene rings is 1. The van der Waals surface area contributed by atoms with Gasteiger partial charge in [-0.1, -0.05) is 18.5 Å². The zero-order chi connectivity index (χ0) is 15.2. The summed E-state index contributed by atoms with van der Waals surface area (Å²) in [4.78, 5) is 4.41. The van der Waals surface area contributed by atoms with E-state index in [0.717, 1.165) is 41.4 Å². The van der Waals surface area contributed by atoms with Gasteiger partial charge in [0.25, 0.3) is 0 Å². The minimum atomic E-state index is 0.635. The first-order valence-corrected chi connectivity index (χ1v) is 7.58. The van der Waals surface area contributed by atoms with Crippen molar-refractivity contribution in [2.45, 2.75) is 33.7 Å². The molecule has 0 aliphatic heterocycles. The molecule has 0 aliphatic rings. The van der Waals surface area contributed by atoms with Crippen LogP contribution in [0.3, 0.4) is 0 Å². The predicted octanol–water partition coefficient (Wildman–Crippen LogP) is 4.64. The molecule has 0 radical (unpaired) electrons. The fourth-order valence-corrected chi connectivity index (χ4v) is 2.14. The summed E-state index contributed by atoms with van der Waals surface area (Å²) in [5.41, 5.74) is 3.19. The Hall–Kier alpha value is -1.58. The number of nitrogens with zero attached hydrogens (tertiary/aromatic N) is 1. The van der Waals surface area contributed by atoms with Crippen LogP contribution in [0.25, 0.3) is 0 Å². The molecule has 0 saturated heterocycles. The number of pyridine rings is 1. The zero-order valence-electron chi connectivity index (χ0n) is 12.7. The van der Waals surface area contributed by atoms with Crippen LogP contribution in [0.2, 0.25) is 5.02 Å². The second kappa shape index (κ2) is 7.43. The molecule has 21 heavy (non-hydrogen) atoms. The van der Waals surface area contributed by atoms with Gasteiger partial charge in [0, 0.05) is 23.3 Å². The molecule has 2 aromatic rings. The number of nitrogens with one attached hydrogen (secondary N) is 1. The maximum Gasteiger partial charge on any atom is 0.222 e. The summed E-state index contributed by atoms with van der Waals surface area (Å²) in [6.07, 6.45) is 2.98. The molecule has 1 heterocycles. The van der Waals surface area contributed by atoms with E-state index < -0.39 is 0 Å². The summed E-state index contributed by atoms with van der Waals surface area (Å²) in [5.74, 6) is 1.39. The van der Waals surface area contributed by atoms with E-state index in [4.69, 9.17) is 16.3 Å². The van der Waals surface area contributed by atoms with Crippen molar-refractivity contribution < 1.29 is 4.74 Å². The monoisotopic (exact) mass is 304 g/mol. The summed E-state index contributed by atoms with van der Waals surface area (Å²) >= 11 is 6.02. The van der Waals surface area contributed by atoms with Crippen LogP contribution in [0.5, 0.6) is 11.6 Å². The molecular weight excluding hydrogens is 284 g/mol. The molecule has 1 aromatic heterocycles. The SMILES string of the molecule is CCCNCc1cnc(Oc2ccc(Cl)c(C)c2)c(C)c1. The van der Waals surface area contributed by atoms with Gasteiger partial charge in [0.1, 0.15) is 5.75 Å². The summed E-state index contributed by atoms with van der Waals surface area (Å²) < 4.78 is 5.84. The Balaban J connectivity index is 2.08. The molecule has 1 aromatic carbocycles. The van der Waals surface area contributed by atoms with Crippen molar-refractivity contribution in [3.63, 3.8) is 0 Å². The van der Waals surface area contributed by atoms with Crippen molar-refractivity contribution in [3.8, 4) is 11.6 Å². The average Bonchev–Trinajstić information content (AvgIpc) is 2.46. The van der Waals surface area contributed by atoms with Crippen LogP contribution in [0.4, 0.5) is 0 Å². The molecule has 0 saturated carbocycles. The Morgan fingerprint density at radius 1 is 1.19 bits per heavy atom. The molecule has 3 nitrogen and oxygen atoms in total. The zero-order valence-corrected chi connectivity index (χ0v) is 13.5. The molecule has 0 aliphatic carbocycles. The van der Waals surface area contributed by atoms with Crippen molar-refractivity contribution in [2.24, 2.45) is 0 Å². The highest BCUT2D eigenvalue weighted by Gasteiger charge is 2.06. The third-order valence-corrected chi connectivity index (χ3v) is 3.61. The van der Waals surface area contributed by atoms with Gasteiger partial charge in [0.2, 0.25) is 5.88 Å². The average molecular weight is 305 g/mol. The van der Waals surface area contributed by atoms with Crippen molar-refractivity contribution >= 4 is 11.6 Å². The Kier molecular flexibility index (Phi) is 5.59. The highest BCUT2D eigenvalue weighted by Crippen LogP contribution is 2.26. The normalized spacial score (nSPS) is 10.7. The number of ether oxygens (including phenoxy) is 1. The summed E-state index contributed by atoms with van der Waals surface area (Å²) in [7, 11) is 0. The Morgan fingerprint density at radius 2 is 2.00 bits per heavy atom. The number of rotatable bonds is 6. The number of aromatic nitrogens is 1. The smallest absolute Gasteiger partial charge is 0.222 e. The third-order valence-electron chi connectivity index (χ3n) is 3.19. The predicted molar refractivity (Wildman–Crippen MR) is 87.2 cm³/mol. The van der Waals surface area contributed by atoms with E-state index in [1.165, 1.54) is 5.56 Å². The van der Waals surface area contributed by atoms with Crippen LogP contribution >= 0.6 is 11.6 Å². The lowest BCUT2D eigenvalue weighted by atomic mass is 10.2. The van der Waals surface area contributed by atoms with E-state index >= 15 is 0 Å². The molecular formula is C17H21ClN2O. The maximum atomic E-state index is 6.02. The van der Waals surface area contributed by atoms with Gasteiger partial charge < -0.3 is 10.1 Å². The molecule has 0 unspecified atom stereocenters. The van der Waals surface area contributed by atoms with Gasteiger partial charge in [0.15, 0.2) is 0 Å². The minimum Gasteiger partial charge on any atom is -0.439 e. The van der Waals surface area contributed by atoms with Crippen LogP contribution < -0.4 is 10.1 Å². The topological polar surface area (TPSA) is 34.2 Å². The van der Waals surface area contributed by atoms with Gasteiger partial charge >= 0.3 is 0 Å². The van der Waals surface area contributed by atoms with Crippen LogP contribution in [0, 0.1) is 13.8 Å². The van der Waals surface area contributed by atoms with Gasteiger partial charge in [0.05, 0.1) is 0 Å². The van der Waals surface area contributed by atoms with Gasteiger partial charge in [-0.05, 0) is 62.2 Å². The fraction of sp³-hybridized carbons (Fsp3) is 0.353. The standard InChI is InChI=1S/C17H21ClN2O/c1-4-7-19-10-14-8-13(3)17(20-11-14)21-15-5-6-16(18)12(2)9-15/h5-6,8-9,11,19H,4,7,10H2,1-3H3. The van der Waals surface area contributed by atoms with Gasteiger partial charge in [-0.25, -0.2) is 4.98 Å². The van der Waals surface area contributed by atoms with Crippen LogP contribution in [-0.2, 0) is 6.54 Å². The Bertz CT molecular complexity index is 614. The van der Waals surface area contributed by atoms with Crippen molar-refractivity contribution in [3.05, 3.63) is 52.2 Å². The fourth-order valence-electron chi connectivity index (χ4n) is 2.03. The molecule has 0 bridgehead atoms. The summed E-state index contributed by atoms with van der Waals surface area (Å²) in [6, 6.07) is 7.71. The highest BCUT2D eigenvalue weighted by atomic mass is 35.5. The lowest BCUT2D eigenvalue weighted by molar-refractivity contribution is 0.458. The van der Waals surface area contributed by atoms with Gasteiger partial charge in [-0.3, -0.25) is 0 Å². The van der Waals surface area contributed by atoms with Crippen molar-refractivity contribution in [2.75, 3.05) is 6.54 Å². The number of hydrogen-bond acceptors (Lipinski definition) is 3. The molecule has 0 amide bonds. The van der Waals surface area contributed by atoms with E-state index in [1.54, 1.807) is 0 Å². The van der Waals surface area contributed by atoms with Crippen molar-refractivity contribution in [1.29, 1.82) is 0 Å². The van der Waals surface area contributed by atoms with Gasteiger partial charge in [-0.15, -0.1) is 0 Å². The highest BCUT2D eigenvalue weighted by molar-refractivity contribution is 6.31. The molecule has 4 heteroatoms. The molecule has 0 fully saturated rings. The van der Waals surface area contributed by atoms with E-state index in [-0.39, 0.29) is 0 Å². The van der Waals surface area contributed by atoms with Crippen LogP contribution in [-0.4, -0.2) is 11.5 Å². The second-order valence-electron chi connectivity index (χ2n) is 5.16. The minimum absolute atomic E-state index is 0.635. The number of halogens is 1. The van der Waals surface area contributed by atoms with Crippen LogP contribution in [0.15, 0.2) is 30.5 Å². The Morgan fingerprint density at radius 3 is 2.67 bits per heavy atom. The summed E-state index contributed by atoms with van der Waals surface area (Å²) in [6.45, 7) is 7.97.